The van der Waals surface area contributed by atoms with Gasteiger partial charge in [0.1, 0.15) is 10.5 Å². The maximum Gasteiger partial charge on any atom is 0.178 e. The molecule has 0 rings (SSSR count). The molecule has 19 heavy (non-hydrogen) atoms. The highest BCUT2D eigenvalue weighted by atomic mass is 32.2. The Labute approximate surface area is 121 Å². The average molecular weight is 312 g/mol. The Hall–Kier alpha value is -0.0700. The van der Waals surface area contributed by atoms with Crippen molar-refractivity contribution in [1.82, 2.24) is 0 Å². The van der Waals surface area contributed by atoms with E-state index in [9.17, 15) is 17.8 Å². The van der Waals surface area contributed by atoms with Crippen LogP contribution in [0.2, 0.25) is 0 Å². The molecule has 0 aliphatic rings. The quantitative estimate of drug-likeness (QED) is 0.534. The molecular formula is C13H28O4S2. The topological polar surface area (TPSA) is 74.3 Å². The van der Waals surface area contributed by atoms with Gasteiger partial charge < -0.3 is 4.55 Å². The summed E-state index contributed by atoms with van der Waals surface area (Å²) in [6, 6.07) is 0. The van der Waals surface area contributed by atoms with Crippen molar-refractivity contribution in [3.8, 4) is 0 Å². The number of hydrogen-bond donors (Lipinski definition) is 0. The summed E-state index contributed by atoms with van der Waals surface area (Å²) in [6.07, 6.45) is 1.23. The van der Waals surface area contributed by atoms with Crippen molar-refractivity contribution in [3.63, 3.8) is 0 Å². The van der Waals surface area contributed by atoms with Crippen molar-refractivity contribution in [2.24, 2.45) is 0 Å². The van der Waals surface area contributed by atoms with Crippen LogP contribution < -0.4 is 0 Å². The Kier molecular flexibility index (Phi) is 11.9. The maximum atomic E-state index is 10.9. The molecular weight excluding hydrogens is 284 g/mol. The van der Waals surface area contributed by atoms with Crippen molar-refractivity contribution in [2.45, 2.75) is 64.9 Å². The summed E-state index contributed by atoms with van der Waals surface area (Å²) in [5.41, 5.74) is 0. The van der Waals surface area contributed by atoms with E-state index in [1.807, 2.05) is 6.92 Å². The molecule has 0 saturated carbocycles. The lowest BCUT2D eigenvalue weighted by Gasteiger charge is -2.13. The van der Waals surface area contributed by atoms with Crippen molar-refractivity contribution < 1.29 is 17.8 Å². The fraction of sp³-hybridized carbons (Fsp3) is 0.923. The zero-order valence-electron chi connectivity index (χ0n) is 12.9. The average Bonchev–Trinajstić information content (AvgIpc) is 2.22. The number of unbranched alkanes of at least 4 members (excludes halogenated alkanes) is 1. The van der Waals surface area contributed by atoms with E-state index in [2.05, 4.69) is 27.7 Å². The summed E-state index contributed by atoms with van der Waals surface area (Å²) < 4.78 is 29.5. The lowest BCUT2D eigenvalue weighted by Crippen LogP contribution is -2.30. The van der Waals surface area contributed by atoms with Crippen LogP contribution in [0.5, 0.6) is 0 Å². The van der Waals surface area contributed by atoms with E-state index in [-0.39, 0.29) is 5.75 Å². The van der Waals surface area contributed by atoms with Gasteiger partial charge in [0.05, 0.1) is 10.1 Å². The van der Waals surface area contributed by atoms with Crippen molar-refractivity contribution in [3.05, 3.63) is 0 Å². The number of Topliss-reactive ketones (excluding diaryl/α,β-unsaturated/α-hetero) is 1. The molecule has 0 fully saturated rings. The molecule has 4 nitrogen and oxygen atoms in total. The van der Waals surface area contributed by atoms with E-state index in [1.54, 1.807) is 6.92 Å². The zero-order valence-corrected chi connectivity index (χ0v) is 14.6. The van der Waals surface area contributed by atoms with Gasteiger partial charge in [0.15, 0.2) is 11.5 Å². The van der Waals surface area contributed by atoms with Gasteiger partial charge in [-0.25, -0.2) is 8.42 Å². The number of hydrogen-bond acceptors (Lipinski definition) is 4. The minimum atomic E-state index is -3.94. The molecule has 6 heteroatoms. The highest BCUT2D eigenvalue weighted by molar-refractivity contribution is 7.98. The monoisotopic (exact) mass is 312 g/mol. The van der Waals surface area contributed by atoms with Crippen molar-refractivity contribution in [1.29, 1.82) is 0 Å². The molecule has 0 amide bonds. The van der Waals surface area contributed by atoms with Gasteiger partial charge in [-0.05, 0) is 51.9 Å². The Balaban J connectivity index is 0. The van der Waals surface area contributed by atoms with Crippen LogP contribution in [0, 0.1) is 0 Å². The minimum Gasteiger partial charge on any atom is -0.748 e. The van der Waals surface area contributed by atoms with E-state index >= 15 is 0 Å². The van der Waals surface area contributed by atoms with Crippen LogP contribution in [-0.2, 0) is 25.8 Å². The molecule has 0 saturated heterocycles. The normalized spacial score (nSPS) is 11.7. The van der Waals surface area contributed by atoms with Crippen LogP contribution in [0.1, 0.15) is 54.4 Å². The Morgan fingerprint density at radius 3 is 1.68 bits per heavy atom. The minimum absolute atomic E-state index is 0.219. The summed E-state index contributed by atoms with van der Waals surface area (Å²) in [6.45, 7) is 12.3. The molecule has 0 bridgehead atoms. The standard InChI is InChI=1S/C9H19OS.C4H10O3S/c1-7(2)11(8(3)4)6-9(5)10;1-2-3-4-8(5,6)7/h7-8H,6H2,1-5H3;2-4H2,1H3,(H,5,6,7)/q+1;/p-1. The van der Waals surface area contributed by atoms with Crippen LogP contribution in [0.15, 0.2) is 0 Å². The molecule has 0 atom stereocenters. The first kappa shape index (κ1) is 21.2. The van der Waals surface area contributed by atoms with Gasteiger partial charge in [0.2, 0.25) is 0 Å². The molecule has 0 aromatic heterocycles. The first-order valence-corrected chi connectivity index (χ1v) is 9.72. The van der Waals surface area contributed by atoms with Crippen molar-refractivity contribution in [2.75, 3.05) is 11.5 Å². The molecule has 0 aromatic carbocycles. The van der Waals surface area contributed by atoms with E-state index in [4.69, 9.17) is 0 Å². The van der Waals surface area contributed by atoms with Gasteiger partial charge in [0.25, 0.3) is 0 Å². The predicted molar refractivity (Wildman–Crippen MR) is 82.7 cm³/mol. The summed E-state index contributed by atoms with van der Waals surface area (Å²) >= 11 is 0. The Morgan fingerprint density at radius 1 is 1.16 bits per heavy atom. The highest BCUT2D eigenvalue weighted by Crippen LogP contribution is 2.12. The van der Waals surface area contributed by atoms with Gasteiger partial charge in [-0.2, -0.15) is 0 Å². The van der Waals surface area contributed by atoms with Gasteiger partial charge in [-0.15, -0.1) is 0 Å². The number of rotatable bonds is 7. The number of carbonyl (C=O) groups excluding carboxylic acids is 1. The summed E-state index contributed by atoms with van der Waals surface area (Å²) in [4.78, 5) is 10.9. The zero-order chi connectivity index (χ0) is 15.6. The highest BCUT2D eigenvalue weighted by Gasteiger charge is 2.27. The number of carbonyl (C=O) groups is 1. The summed E-state index contributed by atoms with van der Waals surface area (Å²) in [5, 5.41) is 1.30. The van der Waals surface area contributed by atoms with Gasteiger partial charge in [-0.3, -0.25) is 4.79 Å². The largest absolute Gasteiger partial charge is 0.748 e. The molecule has 0 heterocycles. The van der Waals surface area contributed by atoms with Crippen LogP contribution in [0.25, 0.3) is 0 Å². The van der Waals surface area contributed by atoms with Gasteiger partial charge >= 0.3 is 0 Å². The summed E-state index contributed by atoms with van der Waals surface area (Å²) in [5.74, 6) is 0.884. The first-order valence-electron chi connectivity index (χ1n) is 6.62. The maximum absolute atomic E-state index is 10.9. The third-order valence-electron chi connectivity index (χ3n) is 2.33. The third-order valence-corrected chi connectivity index (χ3v) is 6.28. The molecule has 0 unspecified atom stereocenters. The second kappa shape index (κ2) is 10.7. The van der Waals surface area contributed by atoms with Crippen LogP contribution in [0.4, 0.5) is 0 Å². The van der Waals surface area contributed by atoms with Crippen molar-refractivity contribution >= 4 is 26.8 Å². The van der Waals surface area contributed by atoms with Gasteiger partial charge in [-0.1, -0.05) is 13.3 Å². The Bertz CT molecular complexity index is 327. The molecule has 0 spiro atoms. The molecule has 0 N–H and O–H groups in total. The molecule has 0 aliphatic heterocycles. The third kappa shape index (κ3) is 15.9. The van der Waals surface area contributed by atoms with Crippen LogP contribution in [0.3, 0.4) is 0 Å². The van der Waals surface area contributed by atoms with Crippen LogP contribution in [-0.4, -0.2) is 40.8 Å². The molecule has 0 aromatic rings. The first-order chi connectivity index (χ1) is 8.51. The van der Waals surface area contributed by atoms with E-state index in [1.165, 1.54) is 0 Å². The lowest BCUT2D eigenvalue weighted by molar-refractivity contribution is -0.114. The second-order valence-corrected chi connectivity index (χ2v) is 9.67. The predicted octanol–water partition coefficient (Wildman–Crippen LogP) is 2.34. The molecule has 116 valence electrons. The van der Waals surface area contributed by atoms with E-state index < -0.39 is 10.1 Å². The number of ketones is 1. The summed E-state index contributed by atoms with van der Waals surface area (Å²) in [7, 11) is -3.64. The van der Waals surface area contributed by atoms with E-state index in [0.717, 1.165) is 12.2 Å². The fourth-order valence-corrected chi connectivity index (χ4v) is 4.30. The molecule has 0 aliphatic carbocycles. The van der Waals surface area contributed by atoms with E-state index in [0.29, 0.717) is 33.6 Å². The smallest absolute Gasteiger partial charge is 0.178 e. The molecule has 0 radical (unpaired) electrons. The van der Waals surface area contributed by atoms with Crippen LogP contribution >= 0.6 is 0 Å². The fourth-order valence-electron chi connectivity index (χ4n) is 1.43. The Morgan fingerprint density at radius 2 is 1.58 bits per heavy atom. The lowest BCUT2D eigenvalue weighted by atomic mass is 10.4. The SMILES string of the molecule is CC(=O)C[S+](C(C)C)C(C)C.CCCCS(=O)(=O)[O-]. The van der Waals surface area contributed by atoms with Gasteiger partial charge in [0, 0.05) is 5.75 Å². The second-order valence-electron chi connectivity index (χ2n) is 5.03.